The number of benzene rings is 1. The van der Waals surface area contributed by atoms with Gasteiger partial charge in [-0.25, -0.2) is 0 Å². The van der Waals surface area contributed by atoms with Crippen molar-refractivity contribution in [1.29, 1.82) is 0 Å². The molecule has 2 aliphatic rings. The maximum Gasteiger partial charge on any atom is 0.224 e. The monoisotopic (exact) mass is 306 g/mol. The number of aromatic nitrogens is 1. The van der Waals surface area contributed by atoms with E-state index in [0.717, 1.165) is 18.5 Å². The topological polar surface area (TPSA) is 42.0 Å². The summed E-state index contributed by atoms with van der Waals surface area (Å²) in [5, 5.41) is 3.31. The van der Waals surface area contributed by atoms with E-state index in [9.17, 15) is 4.79 Å². The lowest BCUT2D eigenvalue weighted by Crippen LogP contribution is -2.36. The molecule has 1 heterocycles. The number of rotatable bonds is 4. The number of carbonyl (C=O) groups excluding carboxylic acids is 1. The van der Waals surface area contributed by atoms with Crippen LogP contribution in [0.3, 0.4) is 0 Å². The summed E-state index contributed by atoms with van der Waals surface area (Å²) in [4.78, 5) is 17.3. The number of amides is 1. The van der Waals surface area contributed by atoms with E-state index < -0.39 is 0 Å². The molecule has 0 saturated heterocycles. The summed E-state index contributed by atoms with van der Waals surface area (Å²) < 4.78 is 0. The second kappa shape index (κ2) is 5.80. The van der Waals surface area contributed by atoms with Crippen LogP contribution < -0.4 is 5.32 Å². The Labute approximate surface area is 137 Å². The molecule has 118 valence electrons. The quantitative estimate of drug-likeness (QED) is 0.941. The summed E-state index contributed by atoms with van der Waals surface area (Å²) in [5.74, 6) is 0.803. The fourth-order valence-corrected chi connectivity index (χ4v) is 3.68. The number of aryl methyl sites for hydroxylation is 1. The van der Waals surface area contributed by atoms with Gasteiger partial charge in [0.25, 0.3) is 0 Å². The Balaban J connectivity index is 1.50. The van der Waals surface area contributed by atoms with Gasteiger partial charge in [0.1, 0.15) is 0 Å². The van der Waals surface area contributed by atoms with E-state index in [2.05, 4.69) is 47.6 Å². The van der Waals surface area contributed by atoms with E-state index in [1.807, 2.05) is 12.3 Å². The van der Waals surface area contributed by atoms with Crippen molar-refractivity contribution in [3.05, 3.63) is 65.0 Å². The van der Waals surface area contributed by atoms with Crippen LogP contribution in [0.4, 0.5) is 0 Å². The van der Waals surface area contributed by atoms with E-state index >= 15 is 0 Å². The molecule has 1 aromatic heterocycles. The molecule has 1 amide bonds. The van der Waals surface area contributed by atoms with Crippen LogP contribution in [0.2, 0.25) is 0 Å². The summed E-state index contributed by atoms with van der Waals surface area (Å²) >= 11 is 0. The van der Waals surface area contributed by atoms with Crippen molar-refractivity contribution in [2.24, 2.45) is 11.8 Å². The van der Waals surface area contributed by atoms with Gasteiger partial charge in [-0.1, -0.05) is 30.3 Å². The van der Waals surface area contributed by atoms with Crippen molar-refractivity contribution in [3.63, 3.8) is 0 Å². The molecule has 0 aliphatic heterocycles. The molecule has 1 fully saturated rings. The van der Waals surface area contributed by atoms with Gasteiger partial charge in [0, 0.05) is 12.1 Å². The second-order valence-corrected chi connectivity index (χ2v) is 6.90. The Bertz CT molecular complexity index is 711. The minimum Gasteiger partial charge on any atom is -0.347 e. The van der Waals surface area contributed by atoms with Crippen LogP contribution in [0, 0.1) is 18.8 Å². The molecule has 3 nitrogen and oxygen atoms in total. The lowest BCUT2D eigenvalue weighted by Gasteiger charge is -2.21. The molecule has 0 spiro atoms. The largest absolute Gasteiger partial charge is 0.347 e. The van der Waals surface area contributed by atoms with E-state index in [4.69, 9.17) is 0 Å². The molecule has 1 N–H and O–H groups in total. The molecular weight excluding hydrogens is 284 g/mol. The van der Waals surface area contributed by atoms with Crippen molar-refractivity contribution >= 4 is 5.91 Å². The zero-order valence-corrected chi connectivity index (χ0v) is 13.5. The highest BCUT2D eigenvalue weighted by Gasteiger charge is 2.37. The van der Waals surface area contributed by atoms with Crippen LogP contribution in [-0.2, 0) is 17.6 Å². The van der Waals surface area contributed by atoms with Crippen LogP contribution in [0.25, 0.3) is 0 Å². The molecule has 1 saturated carbocycles. The third-order valence-electron chi connectivity index (χ3n) is 5.16. The van der Waals surface area contributed by atoms with E-state index in [1.165, 1.54) is 29.5 Å². The number of fused-ring (bicyclic) bond motifs is 1. The first kappa shape index (κ1) is 14.4. The second-order valence-electron chi connectivity index (χ2n) is 6.90. The number of hydrogen-bond acceptors (Lipinski definition) is 2. The van der Waals surface area contributed by atoms with Crippen molar-refractivity contribution in [2.45, 2.75) is 38.6 Å². The molecule has 0 bridgehead atoms. The highest BCUT2D eigenvalue weighted by Crippen LogP contribution is 2.41. The molecule has 1 aromatic carbocycles. The highest BCUT2D eigenvalue weighted by molar-refractivity contribution is 5.80. The van der Waals surface area contributed by atoms with E-state index in [1.54, 1.807) is 0 Å². The van der Waals surface area contributed by atoms with Gasteiger partial charge in [-0.2, -0.15) is 0 Å². The van der Waals surface area contributed by atoms with Gasteiger partial charge in [0.15, 0.2) is 0 Å². The third-order valence-corrected chi connectivity index (χ3v) is 5.16. The fraction of sp³-hybridized carbons (Fsp3) is 0.400. The summed E-state index contributed by atoms with van der Waals surface area (Å²) in [7, 11) is 0. The zero-order valence-electron chi connectivity index (χ0n) is 13.5. The Morgan fingerprint density at radius 3 is 2.43 bits per heavy atom. The average molecular weight is 306 g/mol. The summed E-state index contributed by atoms with van der Waals surface area (Å²) in [5.41, 5.74) is 4.85. The SMILES string of the molecule is Cc1cccnc1C(NC(=O)C1Cc2ccccc2C1)C1CC1. The maximum atomic E-state index is 12.8. The van der Waals surface area contributed by atoms with Crippen LogP contribution in [-0.4, -0.2) is 10.9 Å². The molecule has 3 heteroatoms. The number of hydrogen-bond donors (Lipinski definition) is 1. The van der Waals surface area contributed by atoms with Crippen molar-refractivity contribution < 1.29 is 4.79 Å². The van der Waals surface area contributed by atoms with Crippen molar-refractivity contribution in [3.8, 4) is 0 Å². The molecule has 4 rings (SSSR count). The molecule has 23 heavy (non-hydrogen) atoms. The lowest BCUT2D eigenvalue weighted by molar-refractivity contribution is -0.125. The number of pyridine rings is 1. The zero-order chi connectivity index (χ0) is 15.8. The van der Waals surface area contributed by atoms with E-state index in [0.29, 0.717) is 5.92 Å². The highest BCUT2D eigenvalue weighted by atomic mass is 16.2. The maximum absolute atomic E-state index is 12.8. The van der Waals surface area contributed by atoms with Crippen LogP contribution >= 0.6 is 0 Å². The van der Waals surface area contributed by atoms with Gasteiger partial charge < -0.3 is 5.32 Å². The molecule has 2 aliphatic carbocycles. The molecular formula is C20H22N2O. The van der Waals surface area contributed by atoms with Gasteiger partial charge in [-0.15, -0.1) is 0 Å². The predicted molar refractivity (Wildman–Crippen MR) is 89.9 cm³/mol. The molecule has 0 radical (unpaired) electrons. The van der Waals surface area contributed by atoms with Gasteiger partial charge in [0.05, 0.1) is 11.7 Å². The number of carbonyl (C=O) groups is 1. The van der Waals surface area contributed by atoms with E-state index in [-0.39, 0.29) is 17.9 Å². The third kappa shape index (κ3) is 2.88. The van der Waals surface area contributed by atoms with Gasteiger partial charge in [0.2, 0.25) is 5.91 Å². The van der Waals surface area contributed by atoms with Crippen LogP contribution in [0.5, 0.6) is 0 Å². The summed E-state index contributed by atoms with van der Waals surface area (Å²) in [6, 6.07) is 12.5. The Morgan fingerprint density at radius 1 is 1.13 bits per heavy atom. The Morgan fingerprint density at radius 2 is 1.83 bits per heavy atom. The smallest absolute Gasteiger partial charge is 0.224 e. The minimum atomic E-state index is 0.0673. The van der Waals surface area contributed by atoms with Crippen LogP contribution in [0.1, 0.15) is 41.3 Å². The normalized spacial score (nSPS) is 18.5. The van der Waals surface area contributed by atoms with Gasteiger partial charge >= 0.3 is 0 Å². The number of nitrogens with one attached hydrogen (secondary N) is 1. The van der Waals surface area contributed by atoms with Gasteiger partial charge in [-0.3, -0.25) is 9.78 Å². The minimum absolute atomic E-state index is 0.0673. The van der Waals surface area contributed by atoms with Crippen molar-refractivity contribution in [2.75, 3.05) is 0 Å². The first-order valence-electron chi connectivity index (χ1n) is 8.51. The average Bonchev–Trinajstić information content (AvgIpc) is 3.31. The predicted octanol–water partition coefficient (Wildman–Crippen LogP) is 3.37. The molecule has 1 atom stereocenters. The summed E-state index contributed by atoms with van der Waals surface area (Å²) in [6.07, 6.45) is 5.92. The summed E-state index contributed by atoms with van der Waals surface area (Å²) in [6.45, 7) is 2.08. The molecule has 2 aromatic rings. The Hall–Kier alpha value is -2.16. The van der Waals surface area contributed by atoms with Crippen LogP contribution in [0.15, 0.2) is 42.6 Å². The standard InChI is InChI=1S/C20H22N2O/c1-13-5-4-10-21-18(13)19(14-8-9-14)22-20(23)17-11-15-6-2-3-7-16(15)12-17/h2-7,10,14,17,19H,8-9,11-12H2,1H3,(H,22,23). The molecule has 1 unspecified atom stereocenters. The Kier molecular flexibility index (Phi) is 3.64. The van der Waals surface area contributed by atoms with Gasteiger partial charge in [-0.05, 0) is 61.3 Å². The first-order valence-corrected chi connectivity index (χ1v) is 8.51. The fourth-order valence-electron chi connectivity index (χ4n) is 3.68. The van der Waals surface area contributed by atoms with Crippen molar-refractivity contribution in [1.82, 2.24) is 10.3 Å². The first-order chi connectivity index (χ1) is 11.2. The number of nitrogens with zero attached hydrogens (tertiary/aromatic N) is 1. The lowest BCUT2D eigenvalue weighted by atomic mass is 10.0.